The van der Waals surface area contributed by atoms with Gasteiger partial charge in [-0.2, -0.15) is 5.10 Å². The average molecular weight is 537 g/mol. The van der Waals surface area contributed by atoms with E-state index in [0.29, 0.717) is 28.1 Å². The molecule has 0 saturated carbocycles. The number of anilines is 1. The minimum absolute atomic E-state index is 0.346. The molecule has 1 amide bonds. The molecule has 0 fully saturated rings. The zero-order valence-electron chi connectivity index (χ0n) is 19.7. The number of carbonyl (C=O) groups is 1. The quantitative estimate of drug-likeness (QED) is 0.316. The molecule has 1 N–H and O–H groups in total. The Kier molecular flexibility index (Phi) is 8.47. The summed E-state index contributed by atoms with van der Waals surface area (Å²) in [5.41, 5.74) is 6.05. The number of aryl methyl sites for hydroxylation is 1. The van der Waals surface area contributed by atoms with Crippen LogP contribution in [0.3, 0.4) is 0 Å². The van der Waals surface area contributed by atoms with Gasteiger partial charge in [0.05, 0.1) is 35.5 Å². The molecule has 8 nitrogen and oxygen atoms in total. The Balaban J connectivity index is 1.74. The first kappa shape index (κ1) is 26.6. The van der Waals surface area contributed by atoms with Gasteiger partial charge in [0.1, 0.15) is 12.3 Å². The van der Waals surface area contributed by atoms with Crippen LogP contribution in [0.2, 0.25) is 10.0 Å². The molecule has 0 atom stereocenters. The van der Waals surface area contributed by atoms with Crippen molar-refractivity contribution in [3.8, 4) is 11.4 Å². The number of halogens is 2. The maximum absolute atomic E-state index is 12.5. The summed E-state index contributed by atoms with van der Waals surface area (Å²) < 4.78 is 32.9. The zero-order chi connectivity index (χ0) is 25.8. The van der Waals surface area contributed by atoms with Gasteiger partial charge in [-0.1, -0.05) is 23.2 Å². The Hall–Kier alpha value is -3.01. The third-order valence-electron chi connectivity index (χ3n) is 5.14. The first-order valence-corrected chi connectivity index (χ1v) is 13.3. The van der Waals surface area contributed by atoms with Crippen LogP contribution in [0, 0.1) is 13.8 Å². The van der Waals surface area contributed by atoms with E-state index in [0.717, 1.165) is 33.2 Å². The lowest BCUT2D eigenvalue weighted by atomic mass is 10.2. The van der Waals surface area contributed by atoms with Gasteiger partial charge in [0.25, 0.3) is 5.91 Å². The first-order valence-electron chi connectivity index (χ1n) is 10.7. The van der Waals surface area contributed by atoms with Crippen molar-refractivity contribution >= 4 is 51.0 Å². The molecular formula is C24H26Cl2N4O4S. The molecule has 1 heterocycles. The molecule has 1 aromatic heterocycles. The van der Waals surface area contributed by atoms with Gasteiger partial charge in [0.2, 0.25) is 10.0 Å². The van der Waals surface area contributed by atoms with Crippen molar-refractivity contribution in [1.29, 1.82) is 0 Å². The Morgan fingerprint density at radius 1 is 1.14 bits per heavy atom. The summed E-state index contributed by atoms with van der Waals surface area (Å²) in [6, 6.07) is 13.6. The Morgan fingerprint density at radius 3 is 2.43 bits per heavy atom. The standard InChI is InChI=1S/C24H26Cl2N4O4S/c1-5-34-21-9-7-20(8-10-21)29(35(4,32)33)15-24(31)28-27-14-18-12-16(2)30(17(18)3)23-11-6-19(25)13-22(23)26/h6-14H,5,15H2,1-4H3,(H,28,31)/b27-14-. The second-order valence-corrected chi connectivity index (χ2v) is 10.5. The molecule has 3 rings (SSSR count). The smallest absolute Gasteiger partial charge is 0.260 e. The fourth-order valence-corrected chi connectivity index (χ4v) is 4.92. The number of amides is 1. The number of carbonyl (C=O) groups excluding carboxylic acids is 1. The van der Waals surface area contributed by atoms with Crippen molar-refractivity contribution in [2.45, 2.75) is 20.8 Å². The van der Waals surface area contributed by atoms with Crippen molar-refractivity contribution in [3.05, 3.63) is 75.5 Å². The average Bonchev–Trinajstić information content (AvgIpc) is 3.05. The second kappa shape index (κ2) is 11.2. The predicted octanol–water partition coefficient (Wildman–Crippen LogP) is 4.72. The molecule has 0 aliphatic heterocycles. The third kappa shape index (κ3) is 6.56. The van der Waals surface area contributed by atoms with Crippen molar-refractivity contribution in [1.82, 2.24) is 9.99 Å². The molecule has 3 aromatic rings. The van der Waals surface area contributed by atoms with Gasteiger partial charge in [-0.05, 0) is 69.3 Å². The maximum atomic E-state index is 12.5. The number of sulfonamides is 1. The van der Waals surface area contributed by atoms with E-state index in [1.54, 1.807) is 36.4 Å². The number of hydrazone groups is 1. The molecule has 0 bridgehead atoms. The Morgan fingerprint density at radius 2 is 1.83 bits per heavy atom. The predicted molar refractivity (Wildman–Crippen MR) is 141 cm³/mol. The van der Waals surface area contributed by atoms with Crippen LogP contribution in [0.25, 0.3) is 5.69 Å². The number of hydrogen-bond acceptors (Lipinski definition) is 5. The molecule has 0 unspecified atom stereocenters. The monoisotopic (exact) mass is 536 g/mol. The van der Waals surface area contributed by atoms with Gasteiger partial charge in [-0.3, -0.25) is 9.10 Å². The largest absolute Gasteiger partial charge is 0.494 e. The molecule has 35 heavy (non-hydrogen) atoms. The van der Waals surface area contributed by atoms with Crippen LogP contribution in [-0.4, -0.2) is 44.5 Å². The number of hydrogen-bond donors (Lipinski definition) is 1. The lowest BCUT2D eigenvalue weighted by Gasteiger charge is -2.21. The van der Waals surface area contributed by atoms with Gasteiger partial charge in [-0.25, -0.2) is 13.8 Å². The van der Waals surface area contributed by atoms with Crippen LogP contribution >= 0.6 is 23.2 Å². The fraction of sp³-hybridized carbons (Fsp3) is 0.250. The molecule has 0 spiro atoms. The van der Waals surface area contributed by atoms with Gasteiger partial charge >= 0.3 is 0 Å². The summed E-state index contributed by atoms with van der Waals surface area (Å²) in [5, 5.41) is 5.07. The van der Waals surface area contributed by atoms with Crippen molar-refractivity contribution in [2.24, 2.45) is 5.10 Å². The van der Waals surface area contributed by atoms with Crippen LogP contribution in [0.4, 0.5) is 5.69 Å². The molecule has 0 aliphatic rings. The van der Waals surface area contributed by atoms with Gasteiger partial charge < -0.3 is 9.30 Å². The first-order chi connectivity index (χ1) is 16.5. The van der Waals surface area contributed by atoms with E-state index in [2.05, 4.69) is 10.5 Å². The summed E-state index contributed by atoms with van der Waals surface area (Å²) in [6.45, 7) is 5.74. The molecular weight excluding hydrogens is 511 g/mol. The lowest BCUT2D eigenvalue weighted by molar-refractivity contribution is -0.119. The number of nitrogens with one attached hydrogen (secondary N) is 1. The summed E-state index contributed by atoms with van der Waals surface area (Å²) in [6.07, 6.45) is 2.54. The summed E-state index contributed by atoms with van der Waals surface area (Å²) in [4.78, 5) is 12.5. The van der Waals surface area contributed by atoms with Gasteiger partial charge in [-0.15, -0.1) is 0 Å². The van der Waals surface area contributed by atoms with E-state index in [1.165, 1.54) is 6.21 Å². The highest BCUT2D eigenvalue weighted by Gasteiger charge is 2.21. The van der Waals surface area contributed by atoms with Crippen LogP contribution in [0.15, 0.2) is 53.6 Å². The van der Waals surface area contributed by atoms with Crippen molar-refractivity contribution in [3.63, 3.8) is 0 Å². The van der Waals surface area contributed by atoms with Crippen molar-refractivity contribution < 1.29 is 17.9 Å². The van der Waals surface area contributed by atoms with E-state index in [-0.39, 0.29) is 0 Å². The maximum Gasteiger partial charge on any atom is 0.260 e. The molecule has 11 heteroatoms. The molecule has 0 aliphatic carbocycles. The van der Waals surface area contributed by atoms with Crippen molar-refractivity contribution in [2.75, 3.05) is 23.7 Å². The van der Waals surface area contributed by atoms with E-state index in [4.69, 9.17) is 27.9 Å². The van der Waals surface area contributed by atoms with E-state index in [9.17, 15) is 13.2 Å². The Bertz CT molecular complexity index is 1350. The highest BCUT2D eigenvalue weighted by Crippen LogP contribution is 2.28. The van der Waals surface area contributed by atoms with E-state index >= 15 is 0 Å². The normalized spacial score (nSPS) is 11.6. The minimum atomic E-state index is -3.71. The summed E-state index contributed by atoms with van der Waals surface area (Å²) in [7, 11) is -3.71. The third-order valence-corrected chi connectivity index (χ3v) is 6.82. The molecule has 2 aromatic carbocycles. The molecule has 186 valence electrons. The number of ether oxygens (including phenoxy) is 1. The number of nitrogens with zero attached hydrogens (tertiary/aromatic N) is 3. The topological polar surface area (TPSA) is 93.0 Å². The van der Waals surface area contributed by atoms with Crippen LogP contribution < -0.4 is 14.5 Å². The molecule has 0 radical (unpaired) electrons. The Labute approximate surface area is 215 Å². The zero-order valence-corrected chi connectivity index (χ0v) is 22.1. The fourth-order valence-electron chi connectivity index (χ4n) is 3.57. The number of benzene rings is 2. The van der Waals surface area contributed by atoms with Crippen LogP contribution in [-0.2, 0) is 14.8 Å². The van der Waals surface area contributed by atoms with Gasteiger partial charge in [0, 0.05) is 22.0 Å². The molecule has 0 saturated heterocycles. The van der Waals surface area contributed by atoms with Crippen LogP contribution in [0.1, 0.15) is 23.9 Å². The van der Waals surface area contributed by atoms with Gasteiger partial charge in [0.15, 0.2) is 0 Å². The highest BCUT2D eigenvalue weighted by atomic mass is 35.5. The summed E-state index contributed by atoms with van der Waals surface area (Å²) in [5.74, 6) is 0.0198. The second-order valence-electron chi connectivity index (χ2n) is 7.75. The lowest BCUT2D eigenvalue weighted by Crippen LogP contribution is -2.39. The SMILES string of the molecule is CCOc1ccc(N(CC(=O)N/N=C\c2cc(C)n(-c3ccc(Cl)cc3Cl)c2C)S(C)(=O)=O)cc1. The number of aromatic nitrogens is 1. The highest BCUT2D eigenvalue weighted by molar-refractivity contribution is 7.92. The minimum Gasteiger partial charge on any atom is -0.494 e. The van der Waals surface area contributed by atoms with Crippen LogP contribution in [0.5, 0.6) is 5.75 Å². The van der Waals surface area contributed by atoms with E-state index in [1.807, 2.05) is 37.5 Å². The summed E-state index contributed by atoms with van der Waals surface area (Å²) >= 11 is 12.4. The van der Waals surface area contributed by atoms with E-state index < -0.39 is 22.5 Å². The number of rotatable bonds is 9.